The minimum Gasteiger partial charge on any atom is -0.379 e. The molecular formula is C13H23NO2. The summed E-state index contributed by atoms with van der Waals surface area (Å²) in [7, 11) is 0. The van der Waals surface area contributed by atoms with Gasteiger partial charge in [-0.1, -0.05) is 27.4 Å². The first-order valence-corrected chi connectivity index (χ1v) is 5.89. The van der Waals surface area contributed by atoms with Crippen molar-refractivity contribution in [2.24, 2.45) is 5.41 Å². The lowest BCUT2D eigenvalue weighted by Gasteiger charge is -2.27. The van der Waals surface area contributed by atoms with Gasteiger partial charge < -0.3 is 4.74 Å². The zero-order valence-electron chi connectivity index (χ0n) is 10.7. The Bertz CT molecular complexity index is 260. The molecule has 0 unspecified atom stereocenters. The second-order valence-corrected chi connectivity index (χ2v) is 5.65. The van der Waals surface area contributed by atoms with E-state index in [-0.39, 0.29) is 11.2 Å². The number of Topliss-reactive ketones (excluding diaryl/α,β-unsaturated/α-hetero) is 1. The van der Waals surface area contributed by atoms with Gasteiger partial charge in [-0.05, 0) is 5.41 Å². The van der Waals surface area contributed by atoms with E-state index in [0.29, 0.717) is 13.0 Å². The summed E-state index contributed by atoms with van der Waals surface area (Å²) in [5, 5.41) is 0. The van der Waals surface area contributed by atoms with E-state index < -0.39 is 0 Å². The van der Waals surface area contributed by atoms with Gasteiger partial charge in [0.2, 0.25) is 0 Å². The topological polar surface area (TPSA) is 29.5 Å². The lowest BCUT2D eigenvalue weighted by atomic mass is 9.88. The lowest BCUT2D eigenvalue weighted by molar-refractivity contribution is -0.117. The molecule has 0 bridgehead atoms. The molecular weight excluding hydrogens is 202 g/mol. The summed E-state index contributed by atoms with van der Waals surface area (Å²) in [5.74, 6) is 0.194. The van der Waals surface area contributed by atoms with Gasteiger partial charge in [-0.2, -0.15) is 0 Å². The first kappa shape index (κ1) is 13.4. The van der Waals surface area contributed by atoms with Crippen LogP contribution >= 0.6 is 0 Å². The highest BCUT2D eigenvalue weighted by Gasteiger charge is 2.20. The van der Waals surface area contributed by atoms with Crippen LogP contribution in [0.4, 0.5) is 0 Å². The third-order valence-corrected chi connectivity index (χ3v) is 2.60. The second-order valence-electron chi connectivity index (χ2n) is 5.65. The molecule has 0 saturated carbocycles. The smallest absolute Gasteiger partial charge is 0.160 e. The standard InChI is InChI=1S/C13H23NO2/c1-11(12(15)9-13(2,3)4)10-14-5-7-16-8-6-14/h1,5-10H2,2-4H3. The van der Waals surface area contributed by atoms with Crippen molar-refractivity contribution in [3.63, 3.8) is 0 Å². The maximum atomic E-state index is 11.9. The van der Waals surface area contributed by atoms with E-state index in [9.17, 15) is 4.79 Å². The van der Waals surface area contributed by atoms with Crippen molar-refractivity contribution >= 4 is 5.78 Å². The molecule has 0 amide bonds. The van der Waals surface area contributed by atoms with Crippen molar-refractivity contribution in [2.75, 3.05) is 32.8 Å². The monoisotopic (exact) mass is 225 g/mol. The fourth-order valence-corrected chi connectivity index (χ4v) is 1.72. The number of carbonyl (C=O) groups is 1. The Morgan fingerprint density at radius 2 is 1.88 bits per heavy atom. The van der Waals surface area contributed by atoms with Crippen LogP contribution < -0.4 is 0 Å². The molecule has 1 rings (SSSR count). The van der Waals surface area contributed by atoms with Crippen molar-refractivity contribution in [3.05, 3.63) is 12.2 Å². The molecule has 1 heterocycles. The van der Waals surface area contributed by atoms with Crippen LogP contribution in [0.1, 0.15) is 27.2 Å². The molecule has 0 N–H and O–H groups in total. The fourth-order valence-electron chi connectivity index (χ4n) is 1.72. The van der Waals surface area contributed by atoms with Crippen LogP contribution in [0.5, 0.6) is 0 Å². The molecule has 1 saturated heterocycles. The fraction of sp³-hybridized carbons (Fsp3) is 0.769. The number of rotatable bonds is 4. The third kappa shape index (κ3) is 4.90. The number of ether oxygens (including phenoxy) is 1. The number of ketones is 1. The summed E-state index contributed by atoms with van der Waals surface area (Å²) in [6.45, 7) is 14.2. The van der Waals surface area contributed by atoms with E-state index >= 15 is 0 Å². The van der Waals surface area contributed by atoms with E-state index in [2.05, 4.69) is 32.3 Å². The van der Waals surface area contributed by atoms with Gasteiger partial charge in [0.05, 0.1) is 13.2 Å². The van der Waals surface area contributed by atoms with Crippen LogP contribution in [0.3, 0.4) is 0 Å². The zero-order chi connectivity index (χ0) is 12.2. The molecule has 3 nitrogen and oxygen atoms in total. The normalized spacial score (nSPS) is 18.4. The van der Waals surface area contributed by atoms with Crippen molar-refractivity contribution in [3.8, 4) is 0 Å². The maximum absolute atomic E-state index is 11.9. The minimum atomic E-state index is 0.0467. The maximum Gasteiger partial charge on any atom is 0.160 e. The third-order valence-electron chi connectivity index (χ3n) is 2.60. The number of hydrogen-bond acceptors (Lipinski definition) is 3. The summed E-state index contributed by atoms with van der Waals surface area (Å²) in [4.78, 5) is 14.1. The van der Waals surface area contributed by atoms with Gasteiger partial charge in [0, 0.05) is 31.6 Å². The van der Waals surface area contributed by atoms with Crippen LogP contribution in [-0.2, 0) is 9.53 Å². The summed E-state index contributed by atoms with van der Waals surface area (Å²) in [5.41, 5.74) is 0.780. The first-order chi connectivity index (χ1) is 7.38. The Balaban J connectivity index is 2.36. The summed E-state index contributed by atoms with van der Waals surface area (Å²) >= 11 is 0. The van der Waals surface area contributed by atoms with Crippen LogP contribution in [0.15, 0.2) is 12.2 Å². The number of carbonyl (C=O) groups excluding carboxylic acids is 1. The predicted octanol–water partition coefficient (Wildman–Crippen LogP) is 1.88. The second kappa shape index (κ2) is 5.60. The molecule has 1 aliphatic rings. The van der Waals surface area contributed by atoms with Gasteiger partial charge in [-0.15, -0.1) is 0 Å². The van der Waals surface area contributed by atoms with E-state index in [0.717, 1.165) is 31.9 Å². The Kier molecular flexibility index (Phi) is 4.69. The molecule has 0 radical (unpaired) electrons. The highest BCUT2D eigenvalue weighted by molar-refractivity contribution is 5.95. The van der Waals surface area contributed by atoms with Gasteiger partial charge >= 0.3 is 0 Å². The van der Waals surface area contributed by atoms with Crippen molar-refractivity contribution in [1.29, 1.82) is 0 Å². The molecule has 92 valence electrons. The van der Waals surface area contributed by atoms with Crippen LogP contribution in [0.2, 0.25) is 0 Å². The molecule has 0 aromatic carbocycles. The van der Waals surface area contributed by atoms with Crippen molar-refractivity contribution in [1.82, 2.24) is 4.90 Å². The molecule has 0 aromatic heterocycles. The average molecular weight is 225 g/mol. The number of nitrogens with zero attached hydrogens (tertiary/aromatic N) is 1. The molecule has 0 aliphatic carbocycles. The average Bonchev–Trinajstić information content (AvgIpc) is 2.16. The van der Waals surface area contributed by atoms with Gasteiger partial charge in [0.15, 0.2) is 5.78 Å². The molecule has 16 heavy (non-hydrogen) atoms. The quantitative estimate of drug-likeness (QED) is 0.684. The predicted molar refractivity (Wildman–Crippen MR) is 65.5 cm³/mol. The molecule has 0 aromatic rings. The Morgan fingerprint density at radius 3 is 2.38 bits per heavy atom. The Labute approximate surface area is 98.5 Å². The van der Waals surface area contributed by atoms with Gasteiger partial charge in [0.1, 0.15) is 0 Å². The van der Waals surface area contributed by atoms with Gasteiger partial charge in [-0.3, -0.25) is 9.69 Å². The van der Waals surface area contributed by atoms with Crippen molar-refractivity contribution < 1.29 is 9.53 Å². The van der Waals surface area contributed by atoms with E-state index in [1.807, 2.05) is 0 Å². The summed E-state index contributed by atoms with van der Waals surface area (Å²) < 4.78 is 5.27. The first-order valence-electron chi connectivity index (χ1n) is 5.89. The lowest BCUT2D eigenvalue weighted by Crippen LogP contribution is -2.38. The Morgan fingerprint density at radius 1 is 1.31 bits per heavy atom. The van der Waals surface area contributed by atoms with Crippen LogP contribution in [-0.4, -0.2) is 43.5 Å². The summed E-state index contributed by atoms with van der Waals surface area (Å²) in [6, 6.07) is 0. The van der Waals surface area contributed by atoms with E-state index in [1.54, 1.807) is 0 Å². The number of hydrogen-bond donors (Lipinski definition) is 0. The molecule has 1 fully saturated rings. The summed E-state index contributed by atoms with van der Waals surface area (Å²) in [6.07, 6.45) is 0.580. The highest BCUT2D eigenvalue weighted by Crippen LogP contribution is 2.21. The van der Waals surface area contributed by atoms with Gasteiger partial charge in [-0.25, -0.2) is 0 Å². The molecule has 3 heteroatoms. The largest absolute Gasteiger partial charge is 0.379 e. The van der Waals surface area contributed by atoms with E-state index in [1.165, 1.54) is 0 Å². The van der Waals surface area contributed by atoms with Crippen LogP contribution in [0, 0.1) is 5.41 Å². The molecule has 0 spiro atoms. The number of morpholine rings is 1. The molecule has 0 atom stereocenters. The highest BCUT2D eigenvalue weighted by atomic mass is 16.5. The Hall–Kier alpha value is -0.670. The van der Waals surface area contributed by atoms with Gasteiger partial charge in [0.25, 0.3) is 0 Å². The van der Waals surface area contributed by atoms with Crippen molar-refractivity contribution in [2.45, 2.75) is 27.2 Å². The zero-order valence-corrected chi connectivity index (χ0v) is 10.7. The van der Waals surface area contributed by atoms with E-state index in [4.69, 9.17) is 4.74 Å². The van der Waals surface area contributed by atoms with Crippen LogP contribution in [0.25, 0.3) is 0 Å². The minimum absolute atomic E-state index is 0.0467. The molecule has 1 aliphatic heterocycles. The SMILES string of the molecule is C=C(CN1CCOCC1)C(=O)CC(C)(C)C.